The Morgan fingerprint density at radius 3 is 2.56 bits per heavy atom. The molecule has 2 amide bonds. The molecule has 6 atom stereocenters. The predicted octanol–water partition coefficient (Wildman–Crippen LogP) is 0.619. The number of hydrogen-bond acceptors (Lipinski definition) is 18. The zero-order chi connectivity index (χ0) is 45.1. The number of amides is 2. The van der Waals surface area contributed by atoms with Gasteiger partial charge in [0.25, 0.3) is 11.5 Å². The van der Waals surface area contributed by atoms with Gasteiger partial charge < -0.3 is 65.4 Å². The van der Waals surface area contributed by atoms with Gasteiger partial charge in [0.2, 0.25) is 5.91 Å². The van der Waals surface area contributed by atoms with E-state index in [0.717, 1.165) is 10.6 Å². The Kier molecular flexibility index (Phi) is 20.3. The number of anilines is 1. The van der Waals surface area contributed by atoms with Crippen LogP contribution in [0.3, 0.4) is 0 Å². The lowest BCUT2D eigenvalue weighted by Crippen LogP contribution is -2.29. The SMILES string of the molecule is [N-]=[N+]=NCOC1CC(n2cc(C#CCNC(=O)COCCOC(COc3cccc(C(=O)NCCN)c3)N=[N+]=[N-])c(N)cc2=O)OC1COP(=O)(O)OP(=O)(O)OP(=O)(O)O. The molecule has 1 aliphatic heterocycles. The average molecular weight is 924 g/mol. The number of phosphoric acid groups is 3. The fraction of sp³-hybridized carbons (Fsp3) is 0.483. The van der Waals surface area contributed by atoms with Crippen LogP contribution in [0.5, 0.6) is 5.75 Å². The molecular weight excluding hydrogens is 883 g/mol. The summed E-state index contributed by atoms with van der Waals surface area (Å²) < 4.78 is 75.3. The highest BCUT2D eigenvalue weighted by molar-refractivity contribution is 7.66. The third-order valence-corrected chi connectivity index (χ3v) is 11.1. The van der Waals surface area contributed by atoms with Gasteiger partial charge in [-0.25, -0.2) is 13.7 Å². The lowest BCUT2D eigenvalue weighted by Gasteiger charge is -2.21. The van der Waals surface area contributed by atoms with Gasteiger partial charge in [-0.15, -0.1) is 0 Å². The maximum Gasteiger partial charge on any atom is 0.490 e. The highest BCUT2D eigenvalue weighted by Gasteiger charge is 2.43. The van der Waals surface area contributed by atoms with E-state index in [-0.39, 0.29) is 56.5 Å². The molecular formula is C29H40N11O18P3. The van der Waals surface area contributed by atoms with E-state index in [9.17, 15) is 37.9 Å². The number of pyridine rings is 1. The third kappa shape index (κ3) is 18.7. The molecule has 1 aromatic carbocycles. The summed E-state index contributed by atoms with van der Waals surface area (Å²) in [5.41, 5.74) is 28.5. The second kappa shape index (κ2) is 24.5. The number of nitrogen functional groups attached to an aromatic ring is 1. The largest absolute Gasteiger partial charge is 0.491 e. The minimum atomic E-state index is -5.81. The number of rotatable bonds is 25. The van der Waals surface area contributed by atoms with Crippen LogP contribution in [0.4, 0.5) is 5.69 Å². The van der Waals surface area contributed by atoms with E-state index < -0.39 is 79.5 Å². The van der Waals surface area contributed by atoms with Crippen molar-refractivity contribution < 1.29 is 79.7 Å². The van der Waals surface area contributed by atoms with Gasteiger partial charge >= 0.3 is 23.5 Å². The number of carbonyl (C=O) groups excluding carboxylic acids is 2. The Labute approximate surface area is 344 Å². The monoisotopic (exact) mass is 923 g/mol. The van der Waals surface area contributed by atoms with Crippen LogP contribution in [0.1, 0.15) is 28.6 Å². The van der Waals surface area contributed by atoms with Crippen LogP contribution in [0, 0.1) is 11.8 Å². The number of aromatic nitrogens is 1. The normalized spacial score (nSPS) is 18.5. The zero-order valence-corrected chi connectivity index (χ0v) is 34.2. The maximum atomic E-state index is 12.9. The van der Waals surface area contributed by atoms with E-state index in [2.05, 4.69) is 55.7 Å². The highest BCUT2D eigenvalue weighted by atomic mass is 31.3. The minimum Gasteiger partial charge on any atom is -0.491 e. The molecule has 61 heavy (non-hydrogen) atoms. The second-order valence-corrected chi connectivity index (χ2v) is 16.2. The number of benzene rings is 1. The van der Waals surface area contributed by atoms with Crippen LogP contribution in [0.2, 0.25) is 0 Å². The number of ether oxygens (including phenoxy) is 5. The smallest absolute Gasteiger partial charge is 0.490 e. The molecule has 1 fully saturated rings. The quantitative estimate of drug-likeness (QED) is 0.0169. The van der Waals surface area contributed by atoms with Crippen molar-refractivity contribution in [1.82, 2.24) is 15.2 Å². The predicted molar refractivity (Wildman–Crippen MR) is 205 cm³/mol. The van der Waals surface area contributed by atoms with Crippen molar-refractivity contribution in [3.63, 3.8) is 0 Å². The van der Waals surface area contributed by atoms with Crippen LogP contribution in [0.15, 0.2) is 51.6 Å². The minimum absolute atomic E-state index is 0.0505. The van der Waals surface area contributed by atoms with Crippen LogP contribution in [-0.4, -0.2) is 114 Å². The van der Waals surface area contributed by atoms with Gasteiger partial charge in [0.15, 0.2) is 6.23 Å². The van der Waals surface area contributed by atoms with Gasteiger partial charge in [-0.1, -0.05) is 28.1 Å². The Bertz CT molecular complexity index is 2210. The lowest BCUT2D eigenvalue weighted by molar-refractivity contribution is -0.126. The molecule has 1 aromatic heterocycles. The summed E-state index contributed by atoms with van der Waals surface area (Å²) >= 11 is 0. The first-order valence-electron chi connectivity index (χ1n) is 17.1. The van der Waals surface area contributed by atoms with Crippen molar-refractivity contribution in [1.29, 1.82) is 0 Å². The second-order valence-electron chi connectivity index (χ2n) is 11.7. The molecule has 1 aliphatic rings. The molecule has 10 N–H and O–H groups in total. The summed E-state index contributed by atoms with van der Waals surface area (Å²) in [6.07, 6.45) is -3.66. The summed E-state index contributed by atoms with van der Waals surface area (Å²) in [5, 5.41) is 11.9. The number of nitrogens with zero attached hydrogens (tertiary/aromatic N) is 7. The van der Waals surface area contributed by atoms with Crippen molar-refractivity contribution in [2.24, 2.45) is 16.0 Å². The number of carbonyl (C=O) groups is 2. The van der Waals surface area contributed by atoms with Crippen molar-refractivity contribution in [3.05, 3.63) is 78.9 Å². The van der Waals surface area contributed by atoms with Crippen LogP contribution >= 0.6 is 23.5 Å². The van der Waals surface area contributed by atoms with Gasteiger partial charge in [0, 0.05) is 47.2 Å². The molecule has 29 nitrogen and oxygen atoms in total. The van der Waals surface area contributed by atoms with Crippen molar-refractivity contribution in [3.8, 4) is 17.6 Å². The molecule has 0 radical (unpaired) electrons. The standard InChI is InChI=1S/C29H40N11O18P3/c30-6-8-35-29(43)19-3-1-5-21(11-19)53-17-26(37-39-33)52-10-9-51-16-25(41)34-7-2-4-20-14-40(27(42)12-22(20)31)28-13-23(54-18-36-38-32)24(56-28)15-55-60(47,48)58-61(49,50)57-59(44,45)46/h1,3,5,11-12,14,23-24,26,28H,6-10,13,15-18,30-31H2,(H,34,41)(H,35,43)(H,47,48)(H,49,50)(H2,44,45,46). The first-order chi connectivity index (χ1) is 28.8. The van der Waals surface area contributed by atoms with Crippen molar-refractivity contribution in [2.75, 3.05) is 65.1 Å². The molecule has 32 heteroatoms. The fourth-order valence-electron chi connectivity index (χ4n) is 4.81. The number of nitrogens with one attached hydrogen (secondary N) is 2. The van der Waals surface area contributed by atoms with E-state index in [1.165, 1.54) is 12.3 Å². The summed E-state index contributed by atoms with van der Waals surface area (Å²) in [6, 6.07) is 7.29. The highest BCUT2D eigenvalue weighted by Crippen LogP contribution is 2.66. The van der Waals surface area contributed by atoms with E-state index in [1.807, 2.05) is 0 Å². The third-order valence-electron chi connectivity index (χ3n) is 7.30. The van der Waals surface area contributed by atoms with Crippen LogP contribution in [0.25, 0.3) is 20.9 Å². The van der Waals surface area contributed by atoms with E-state index in [1.54, 1.807) is 18.2 Å². The van der Waals surface area contributed by atoms with Crippen LogP contribution < -0.4 is 32.4 Å². The number of hydrogen-bond donors (Lipinski definition) is 8. The van der Waals surface area contributed by atoms with Crippen molar-refractivity contribution >= 4 is 41.0 Å². The summed E-state index contributed by atoms with van der Waals surface area (Å²) in [4.78, 5) is 79.2. The molecule has 0 spiro atoms. The Morgan fingerprint density at radius 1 is 1.08 bits per heavy atom. The van der Waals surface area contributed by atoms with E-state index in [0.29, 0.717) is 17.9 Å². The van der Waals surface area contributed by atoms with Gasteiger partial charge in [0.1, 0.15) is 38.0 Å². The molecule has 0 aliphatic carbocycles. The molecule has 0 saturated carbocycles. The van der Waals surface area contributed by atoms with Gasteiger partial charge in [0.05, 0.1) is 43.7 Å². The number of phosphoric ester groups is 1. The average Bonchev–Trinajstić information content (AvgIpc) is 3.58. The molecule has 334 valence electrons. The topological polar surface area (TPSA) is 436 Å². The molecule has 2 heterocycles. The molecule has 0 bridgehead atoms. The zero-order valence-electron chi connectivity index (χ0n) is 31.5. The molecule has 3 rings (SSSR count). The summed E-state index contributed by atoms with van der Waals surface area (Å²) in [5.74, 6) is 4.76. The first-order valence-corrected chi connectivity index (χ1v) is 21.7. The summed E-state index contributed by atoms with van der Waals surface area (Å²) in [7, 11) is -17.0. The molecule has 1 saturated heterocycles. The van der Waals surface area contributed by atoms with E-state index >= 15 is 0 Å². The first kappa shape index (κ1) is 50.5. The Balaban J connectivity index is 1.51. The van der Waals surface area contributed by atoms with Gasteiger partial charge in [-0.2, -0.15) is 8.62 Å². The lowest BCUT2D eigenvalue weighted by atomic mass is 10.2. The van der Waals surface area contributed by atoms with Gasteiger partial charge in [-0.3, -0.25) is 23.5 Å². The molecule has 6 unspecified atom stereocenters. The van der Waals surface area contributed by atoms with E-state index in [4.69, 9.17) is 56.0 Å². The number of nitrogens with two attached hydrogens (primary N) is 2. The number of azide groups is 2. The fourth-order valence-corrected chi connectivity index (χ4v) is 7.84. The van der Waals surface area contributed by atoms with Crippen molar-refractivity contribution in [2.45, 2.75) is 31.1 Å². The summed E-state index contributed by atoms with van der Waals surface area (Å²) in [6.45, 7) is -1.88. The molecule has 2 aromatic rings. The Morgan fingerprint density at radius 2 is 1.85 bits per heavy atom. The Hall–Kier alpha value is -4.90. The van der Waals surface area contributed by atoms with Gasteiger partial charge in [-0.05, 0) is 29.3 Å². The maximum absolute atomic E-state index is 12.9. The van der Waals surface area contributed by atoms with Crippen LogP contribution in [-0.2, 0) is 50.6 Å².